The minimum absolute atomic E-state index is 0.0300. The molecular formula is C14H24N2O5S. The van der Waals surface area contributed by atoms with Crippen LogP contribution in [0.15, 0.2) is 0 Å². The number of fused-ring (bicyclic) bond motifs is 1. The van der Waals surface area contributed by atoms with Crippen LogP contribution in [0, 0.1) is 0 Å². The zero-order valence-corrected chi connectivity index (χ0v) is 13.8. The van der Waals surface area contributed by atoms with Crippen LogP contribution in [0.2, 0.25) is 0 Å². The van der Waals surface area contributed by atoms with E-state index in [2.05, 4.69) is 0 Å². The van der Waals surface area contributed by atoms with Crippen molar-refractivity contribution in [2.45, 2.75) is 43.1 Å². The van der Waals surface area contributed by atoms with Crippen molar-refractivity contribution in [3.63, 3.8) is 0 Å². The Morgan fingerprint density at radius 2 is 2.00 bits per heavy atom. The number of carbonyl (C=O) groups excluding carboxylic acids is 1. The number of morpholine rings is 1. The molecule has 0 bridgehead atoms. The summed E-state index contributed by atoms with van der Waals surface area (Å²) >= 11 is 0. The highest BCUT2D eigenvalue weighted by Crippen LogP contribution is 2.32. The number of amides is 1. The highest BCUT2D eigenvalue weighted by molar-refractivity contribution is 7.89. The molecule has 1 amide bonds. The first kappa shape index (κ1) is 16.2. The van der Waals surface area contributed by atoms with Crippen molar-refractivity contribution in [3.05, 3.63) is 0 Å². The molecule has 3 fully saturated rings. The lowest BCUT2D eigenvalue weighted by Crippen LogP contribution is -2.54. The van der Waals surface area contributed by atoms with Gasteiger partial charge in [0.1, 0.15) is 6.61 Å². The van der Waals surface area contributed by atoms with E-state index in [1.807, 2.05) is 0 Å². The Balaban J connectivity index is 1.72. The van der Waals surface area contributed by atoms with Crippen molar-refractivity contribution in [1.29, 1.82) is 0 Å². The van der Waals surface area contributed by atoms with E-state index in [1.54, 1.807) is 12.0 Å². The van der Waals surface area contributed by atoms with Crippen molar-refractivity contribution >= 4 is 15.9 Å². The van der Waals surface area contributed by atoms with E-state index >= 15 is 0 Å². The molecule has 8 heteroatoms. The number of hydrogen-bond acceptors (Lipinski definition) is 5. The predicted molar refractivity (Wildman–Crippen MR) is 79.9 cm³/mol. The molecule has 2 atom stereocenters. The molecule has 0 spiro atoms. The molecule has 0 radical (unpaired) electrons. The molecule has 2 heterocycles. The van der Waals surface area contributed by atoms with E-state index in [9.17, 15) is 13.2 Å². The number of sulfonamides is 1. The summed E-state index contributed by atoms with van der Waals surface area (Å²) in [6, 6.07) is -0.187. The van der Waals surface area contributed by atoms with E-state index in [0.717, 1.165) is 25.7 Å². The fourth-order valence-electron chi connectivity index (χ4n) is 3.72. The summed E-state index contributed by atoms with van der Waals surface area (Å²) in [5, 5.41) is -0.254. The van der Waals surface area contributed by atoms with Gasteiger partial charge in [-0.25, -0.2) is 8.42 Å². The van der Waals surface area contributed by atoms with Crippen molar-refractivity contribution in [3.8, 4) is 0 Å². The summed E-state index contributed by atoms with van der Waals surface area (Å²) in [4.78, 5) is 13.8. The van der Waals surface area contributed by atoms with Gasteiger partial charge in [-0.3, -0.25) is 4.79 Å². The second kappa shape index (κ2) is 6.43. The Kier molecular flexibility index (Phi) is 4.72. The van der Waals surface area contributed by atoms with E-state index in [-0.39, 0.29) is 29.9 Å². The molecule has 7 nitrogen and oxygen atoms in total. The molecule has 0 N–H and O–H groups in total. The SMILES string of the molecule is COCCN1C(=O)CO[C@H]2CN(S(=O)(=O)C3CCCC3)C[C@@H]21. The van der Waals surface area contributed by atoms with Crippen LogP contribution in [0.4, 0.5) is 0 Å². The smallest absolute Gasteiger partial charge is 0.249 e. The van der Waals surface area contributed by atoms with Crippen molar-refractivity contribution in [1.82, 2.24) is 9.21 Å². The third kappa shape index (κ3) is 2.89. The maximum Gasteiger partial charge on any atom is 0.249 e. The van der Waals surface area contributed by atoms with Gasteiger partial charge in [0, 0.05) is 26.7 Å². The third-order valence-corrected chi connectivity index (χ3v) is 7.30. The topological polar surface area (TPSA) is 76.2 Å². The Labute approximate surface area is 131 Å². The maximum atomic E-state index is 12.7. The number of nitrogens with zero attached hydrogens (tertiary/aromatic N) is 2. The standard InChI is InChI=1S/C14H24N2O5S/c1-20-7-6-16-12-8-15(9-13(12)21-10-14(16)17)22(18,19)11-4-2-3-5-11/h11-13H,2-10H2,1H3/t12-,13-/m0/s1. The lowest BCUT2D eigenvalue weighted by Gasteiger charge is -2.36. The highest BCUT2D eigenvalue weighted by atomic mass is 32.2. The first-order chi connectivity index (χ1) is 10.5. The molecule has 126 valence electrons. The van der Waals surface area contributed by atoms with Crippen LogP contribution >= 0.6 is 0 Å². The Hall–Kier alpha value is -0.700. The van der Waals surface area contributed by atoms with Gasteiger partial charge in [-0.05, 0) is 12.8 Å². The highest BCUT2D eigenvalue weighted by Gasteiger charge is 2.48. The Bertz CT molecular complexity index is 517. The number of rotatable bonds is 5. The second-order valence-electron chi connectivity index (χ2n) is 6.27. The van der Waals surface area contributed by atoms with Gasteiger partial charge in [-0.2, -0.15) is 4.31 Å². The summed E-state index contributed by atoms with van der Waals surface area (Å²) < 4.78 is 37.6. The summed E-state index contributed by atoms with van der Waals surface area (Å²) in [5.41, 5.74) is 0. The summed E-state index contributed by atoms with van der Waals surface area (Å²) in [6.45, 7) is 1.67. The second-order valence-corrected chi connectivity index (χ2v) is 8.48. The normalized spacial score (nSPS) is 31.0. The molecule has 0 aromatic carbocycles. The first-order valence-electron chi connectivity index (χ1n) is 7.93. The minimum Gasteiger partial charge on any atom is -0.383 e. The van der Waals surface area contributed by atoms with E-state index < -0.39 is 10.0 Å². The molecule has 3 rings (SSSR count). The summed E-state index contributed by atoms with van der Waals surface area (Å²) in [6.07, 6.45) is 3.26. The maximum absolute atomic E-state index is 12.7. The van der Waals surface area contributed by atoms with Gasteiger partial charge in [0.2, 0.25) is 15.9 Å². The van der Waals surface area contributed by atoms with E-state index in [1.165, 1.54) is 4.31 Å². The van der Waals surface area contributed by atoms with Crippen LogP contribution in [-0.4, -0.2) is 80.9 Å². The first-order valence-corrected chi connectivity index (χ1v) is 9.43. The molecular weight excluding hydrogens is 308 g/mol. The number of hydrogen-bond donors (Lipinski definition) is 0. The van der Waals surface area contributed by atoms with Crippen molar-refractivity contribution in [2.24, 2.45) is 0 Å². The van der Waals surface area contributed by atoms with Gasteiger partial charge in [0.15, 0.2) is 0 Å². The molecule has 1 saturated carbocycles. The van der Waals surface area contributed by atoms with Crippen LogP contribution in [-0.2, 0) is 24.3 Å². The molecule has 0 aromatic heterocycles. The Morgan fingerprint density at radius 3 is 2.68 bits per heavy atom. The lowest BCUT2D eigenvalue weighted by molar-refractivity contribution is -0.153. The van der Waals surface area contributed by atoms with Crippen LogP contribution in [0.3, 0.4) is 0 Å². The molecule has 2 saturated heterocycles. The minimum atomic E-state index is -3.27. The van der Waals surface area contributed by atoms with Gasteiger partial charge >= 0.3 is 0 Å². The molecule has 3 aliphatic rings. The van der Waals surface area contributed by atoms with E-state index in [0.29, 0.717) is 26.2 Å². The average molecular weight is 332 g/mol. The van der Waals surface area contributed by atoms with Crippen LogP contribution in [0.25, 0.3) is 0 Å². The van der Waals surface area contributed by atoms with Crippen molar-refractivity contribution in [2.75, 3.05) is 40.0 Å². The van der Waals surface area contributed by atoms with Gasteiger partial charge in [0.05, 0.1) is 24.0 Å². The fraction of sp³-hybridized carbons (Fsp3) is 0.929. The van der Waals surface area contributed by atoms with Crippen molar-refractivity contribution < 1.29 is 22.7 Å². The molecule has 1 aliphatic carbocycles. The monoisotopic (exact) mass is 332 g/mol. The largest absolute Gasteiger partial charge is 0.383 e. The molecule has 22 heavy (non-hydrogen) atoms. The molecule has 2 aliphatic heterocycles. The van der Waals surface area contributed by atoms with Gasteiger partial charge in [-0.1, -0.05) is 12.8 Å². The fourth-order valence-corrected chi connectivity index (χ4v) is 5.78. The van der Waals surface area contributed by atoms with Crippen LogP contribution in [0.5, 0.6) is 0 Å². The average Bonchev–Trinajstić information content (AvgIpc) is 3.16. The summed E-state index contributed by atoms with van der Waals surface area (Å²) in [5.74, 6) is -0.0848. The lowest BCUT2D eigenvalue weighted by atomic mass is 10.1. The van der Waals surface area contributed by atoms with Crippen LogP contribution in [0.1, 0.15) is 25.7 Å². The number of methoxy groups -OCH3 is 1. The van der Waals surface area contributed by atoms with Gasteiger partial charge < -0.3 is 14.4 Å². The zero-order chi connectivity index (χ0) is 15.7. The number of ether oxygens (including phenoxy) is 2. The van der Waals surface area contributed by atoms with Crippen LogP contribution < -0.4 is 0 Å². The predicted octanol–water partition coefficient (Wildman–Crippen LogP) is -0.183. The number of carbonyl (C=O) groups is 1. The Morgan fingerprint density at radius 1 is 1.27 bits per heavy atom. The third-order valence-electron chi connectivity index (χ3n) is 4.96. The quantitative estimate of drug-likeness (QED) is 0.698. The molecule has 0 aromatic rings. The zero-order valence-electron chi connectivity index (χ0n) is 12.9. The van der Waals surface area contributed by atoms with E-state index in [4.69, 9.17) is 9.47 Å². The summed E-state index contributed by atoms with van der Waals surface area (Å²) in [7, 11) is -1.68. The van der Waals surface area contributed by atoms with Gasteiger partial charge in [0.25, 0.3) is 0 Å². The van der Waals surface area contributed by atoms with Gasteiger partial charge in [-0.15, -0.1) is 0 Å². The molecule has 0 unspecified atom stereocenters.